The molecule has 8 heteroatoms. The molecular formula is C29H24ClNO5S. The summed E-state index contributed by atoms with van der Waals surface area (Å²) in [4.78, 5) is 38.3. The van der Waals surface area contributed by atoms with Crippen LogP contribution < -0.4 is 5.32 Å². The molecule has 188 valence electrons. The van der Waals surface area contributed by atoms with Crippen LogP contribution in [0.4, 0.5) is 5.00 Å². The molecule has 4 aromatic rings. The third-order valence-corrected chi connectivity index (χ3v) is 6.72. The van der Waals surface area contributed by atoms with Gasteiger partial charge < -0.3 is 14.8 Å². The fourth-order valence-corrected chi connectivity index (χ4v) is 5.00. The second-order valence-corrected chi connectivity index (χ2v) is 9.28. The Bertz CT molecular complexity index is 1420. The van der Waals surface area contributed by atoms with E-state index in [1.165, 1.54) is 0 Å². The minimum absolute atomic E-state index is 0.171. The van der Waals surface area contributed by atoms with E-state index in [9.17, 15) is 14.4 Å². The number of ether oxygens (including phenoxy) is 2. The fourth-order valence-electron chi connectivity index (χ4n) is 3.79. The van der Waals surface area contributed by atoms with Crippen molar-refractivity contribution in [3.05, 3.63) is 112 Å². The highest BCUT2D eigenvalue weighted by atomic mass is 35.5. The van der Waals surface area contributed by atoms with Crippen LogP contribution in [0.5, 0.6) is 0 Å². The molecular weight excluding hydrogens is 510 g/mol. The minimum atomic E-state index is -0.602. The van der Waals surface area contributed by atoms with Gasteiger partial charge in [0.05, 0.1) is 12.2 Å². The van der Waals surface area contributed by atoms with Crippen LogP contribution >= 0.6 is 22.9 Å². The van der Waals surface area contributed by atoms with Crippen molar-refractivity contribution in [2.75, 3.05) is 18.5 Å². The summed E-state index contributed by atoms with van der Waals surface area (Å²) in [5.74, 6) is -1.76. The van der Waals surface area contributed by atoms with Gasteiger partial charge in [-0.2, -0.15) is 0 Å². The van der Waals surface area contributed by atoms with E-state index in [2.05, 4.69) is 5.32 Å². The standard InChI is InChI=1S/C29H24ClNO5S/c1-2-35-29(34)26-23(22-14-8-9-15-24(22)30)18-37-27(26)31-25(32)17-36-28(33)21-13-7-6-12-20(21)16-19-10-4-3-5-11-19/h3-15,18H,2,16-17H2,1H3,(H,31,32). The monoisotopic (exact) mass is 533 g/mol. The summed E-state index contributed by atoms with van der Waals surface area (Å²) in [6.45, 7) is 1.36. The first-order valence-corrected chi connectivity index (χ1v) is 12.9. The number of nitrogens with one attached hydrogen (secondary N) is 1. The molecule has 4 rings (SSSR count). The van der Waals surface area contributed by atoms with Gasteiger partial charge in [-0.25, -0.2) is 9.59 Å². The first kappa shape index (κ1) is 26.1. The second-order valence-electron chi connectivity index (χ2n) is 8.00. The van der Waals surface area contributed by atoms with E-state index >= 15 is 0 Å². The molecule has 0 bridgehead atoms. The highest BCUT2D eigenvalue weighted by Crippen LogP contribution is 2.39. The van der Waals surface area contributed by atoms with E-state index in [0.717, 1.165) is 22.5 Å². The van der Waals surface area contributed by atoms with Crippen molar-refractivity contribution in [2.45, 2.75) is 13.3 Å². The predicted molar refractivity (Wildman–Crippen MR) is 145 cm³/mol. The molecule has 1 heterocycles. The zero-order chi connectivity index (χ0) is 26.2. The van der Waals surface area contributed by atoms with Crippen molar-refractivity contribution >= 4 is 45.8 Å². The molecule has 0 aliphatic heterocycles. The molecule has 0 fully saturated rings. The SMILES string of the molecule is CCOC(=O)c1c(-c2ccccc2Cl)csc1NC(=O)COC(=O)c1ccccc1Cc1ccccc1. The minimum Gasteiger partial charge on any atom is -0.462 e. The number of thiophene rings is 1. The van der Waals surface area contributed by atoms with E-state index < -0.39 is 24.5 Å². The summed E-state index contributed by atoms with van der Waals surface area (Å²) in [5.41, 5.74) is 3.64. The number of carbonyl (C=O) groups excluding carboxylic acids is 3. The molecule has 0 radical (unpaired) electrons. The van der Waals surface area contributed by atoms with Crippen molar-refractivity contribution < 1.29 is 23.9 Å². The van der Waals surface area contributed by atoms with Gasteiger partial charge in [0.2, 0.25) is 0 Å². The number of benzene rings is 3. The van der Waals surface area contributed by atoms with Crippen LogP contribution in [0.1, 0.15) is 38.8 Å². The zero-order valence-corrected chi connectivity index (χ0v) is 21.6. The number of anilines is 1. The lowest BCUT2D eigenvalue weighted by atomic mass is 10.00. The molecule has 0 atom stereocenters. The lowest BCUT2D eigenvalue weighted by Gasteiger charge is -2.11. The smallest absolute Gasteiger partial charge is 0.341 e. The van der Waals surface area contributed by atoms with Crippen LogP contribution in [0.3, 0.4) is 0 Å². The molecule has 6 nitrogen and oxygen atoms in total. The molecule has 1 amide bonds. The number of esters is 2. The van der Waals surface area contributed by atoms with Crippen LogP contribution in [0, 0.1) is 0 Å². The maximum atomic E-state index is 12.8. The van der Waals surface area contributed by atoms with Crippen molar-refractivity contribution in [2.24, 2.45) is 0 Å². The average molecular weight is 534 g/mol. The molecule has 3 aromatic carbocycles. The Hall–Kier alpha value is -3.94. The zero-order valence-electron chi connectivity index (χ0n) is 20.0. The van der Waals surface area contributed by atoms with Gasteiger partial charge in [0, 0.05) is 21.5 Å². The molecule has 1 N–H and O–H groups in total. The Kier molecular flexibility index (Phi) is 8.72. The van der Waals surface area contributed by atoms with Gasteiger partial charge in [-0.05, 0) is 36.6 Å². The second kappa shape index (κ2) is 12.3. The van der Waals surface area contributed by atoms with Gasteiger partial charge >= 0.3 is 11.9 Å². The largest absolute Gasteiger partial charge is 0.462 e. The van der Waals surface area contributed by atoms with Crippen molar-refractivity contribution in [1.29, 1.82) is 0 Å². The van der Waals surface area contributed by atoms with Crippen LogP contribution in [0.2, 0.25) is 5.02 Å². The molecule has 0 aliphatic rings. The Morgan fingerprint density at radius 3 is 2.30 bits per heavy atom. The van der Waals surface area contributed by atoms with Crippen molar-refractivity contribution in [3.8, 4) is 11.1 Å². The van der Waals surface area contributed by atoms with Crippen LogP contribution in [0.15, 0.2) is 84.2 Å². The third-order valence-electron chi connectivity index (χ3n) is 5.50. The molecule has 0 spiro atoms. The summed E-state index contributed by atoms with van der Waals surface area (Å²) in [6.07, 6.45) is 0.557. The maximum Gasteiger partial charge on any atom is 0.341 e. The van der Waals surface area contributed by atoms with Crippen molar-refractivity contribution in [1.82, 2.24) is 0 Å². The van der Waals surface area contributed by atoms with Gasteiger partial charge in [-0.1, -0.05) is 78.3 Å². The average Bonchev–Trinajstić information content (AvgIpc) is 3.32. The Morgan fingerprint density at radius 2 is 1.54 bits per heavy atom. The third kappa shape index (κ3) is 6.44. The van der Waals surface area contributed by atoms with Gasteiger partial charge in [-0.3, -0.25) is 4.79 Å². The first-order valence-electron chi connectivity index (χ1n) is 11.6. The van der Waals surface area contributed by atoms with Gasteiger partial charge in [-0.15, -0.1) is 11.3 Å². The Morgan fingerprint density at radius 1 is 0.838 bits per heavy atom. The summed E-state index contributed by atoms with van der Waals surface area (Å²) < 4.78 is 10.5. The first-order chi connectivity index (χ1) is 18.0. The number of hydrogen-bond donors (Lipinski definition) is 1. The lowest BCUT2D eigenvalue weighted by Crippen LogP contribution is -2.22. The number of rotatable bonds is 9. The quantitative estimate of drug-likeness (QED) is 0.244. The molecule has 1 aromatic heterocycles. The topological polar surface area (TPSA) is 81.7 Å². The van der Waals surface area contributed by atoms with E-state index in [4.69, 9.17) is 21.1 Å². The van der Waals surface area contributed by atoms with Crippen LogP contribution in [-0.2, 0) is 20.7 Å². The number of amides is 1. The maximum absolute atomic E-state index is 12.8. The molecule has 0 saturated heterocycles. The van der Waals surface area contributed by atoms with Crippen LogP contribution in [0.25, 0.3) is 11.1 Å². The fraction of sp³-hybridized carbons (Fsp3) is 0.138. The summed E-state index contributed by atoms with van der Waals surface area (Å²) in [7, 11) is 0. The molecule has 0 aliphatic carbocycles. The number of halogens is 1. The van der Waals surface area contributed by atoms with E-state index in [0.29, 0.717) is 33.1 Å². The highest BCUT2D eigenvalue weighted by molar-refractivity contribution is 7.15. The Labute approximate surface area is 223 Å². The Balaban J connectivity index is 1.47. The van der Waals surface area contributed by atoms with E-state index in [1.54, 1.807) is 48.7 Å². The van der Waals surface area contributed by atoms with E-state index in [1.807, 2.05) is 42.5 Å². The summed E-state index contributed by atoms with van der Waals surface area (Å²) in [5, 5.41) is 5.17. The predicted octanol–water partition coefficient (Wildman–Crippen LogP) is 6.63. The van der Waals surface area contributed by atoms with Gasteiger partial charge in [0.25, 0.3) is 5.91 Å². The van der Waals surface area contributed by atoms with Crippen LogP contribution in [-0.4, -0.2) is 31.1 Å². The molecule has 37 heavy (non-hydrogen) atoms. The highest BCUT2D eigenvalue weighted by Gasteiger charge is 2.24. The van der Waals surface area contributed by atoms with E-state index in [-0.39, 0.29) is 12.2 Å². The number of hydrogen-bond acceptors (Lipinski definition) is 6. The molecule has 0 saturated carbocycles. The van der Waals surface area contributed by atoms with Crippen molar-refractivity contribution in [3.63, 3.8) is 0 Å². The van der Waals surface area contributed by atoms with Gasteiger partial charge in [0.15, 0.2) is 6.61 Å². The summed E-state index contributed by atoms with van der Waals surface area (Å²) >= 11 is 7.51. The van der Waals surface area contributed by atoms with Gasteiger partial charge in [0.1, 0.15) is 10.6 Å². The molecule has 0 unspecified atom stereocenters. The summed E-state index contributed by atoms with van der Waals surface area (Å²) in [6, 6.07) is 24.0. The lowest BCUT2D eigenvalue weighted by molar-refractivity contribution is -0.119. The normalized spacial score (nSPS) is 10.5. The number of carbonyl (C=O) groups is 3.